The fraction of sp³-hybridized carbons (Fsp3) is 0.278. The molecule has 2 aromatic carbocycles. The number of nitrogens with one attached hydrogen (secondary N) is 2. The molecule has 1 atom stereocenters. The van der Waals surface area contributed by atoms with E-state index in [1.54, 1.807) is 7.05 Å². The molecule has 2 N–H and O–H groups in total. The number of carbonyl (C=O) groups excluding carboxylic acids is 1. The first-order chi connectivity index (χ1) is 10.2. The molecule has 3 nitrogen and oxygen atoms in total. The Bertz CT molecular complexity index is 581. The molecule has 3 heteroatoms. The van der Waals surface area contributed by atoms with Gasteiger partial charge in [-0.15, -0.1) is 0 Å². The van der Waals surface area contributed by atoms with Crippen LogP contribution in [0, 0.1) is 6.92 Å². The van der Waals surface area contributed by atoms with E-state index in [-0.39, 0.29) is 11.9 Å². The van der Waals surface area contributed by atoms with Gasteiger partial charge in [0.25, 0.3) is 0 Å². The summed E-state index contributed by atoms with van der Waals surface area (Å²) < 4.78 is 0. The van der Waals surface area contributed by atoms with E-state index in [1.165, 1.54) is 16.7 Å². The predicted octanol–water partition coefficient (Wildman–Crippen LogP) is 2.81. The molecular formula is C18H22N2O. The third-order valence-corrected chi connectivity index (χ3v) is 3.61. The zero-order valence-corrected chi connectivity index (χ0v) is 12.6. The summed E-state index contributed by atoms with van der Waals surface area (Å²) in [7, 11) is 1.67. The Morgan fingerprint density at radius 1 is 1.05 bits per heavy atom. The molecule has 0 aliphatic rings. The van der Waals surface area contributed by atoms with Crippen LogP contribution in [0.15, 0.2) is 54.6 Å². The first-order valence-corrected chi connectivity index (χ1v) is 7.27. The van der Waals surface area contributed by atoms with Crippen LogP contribution in [0.1, 0.15) is 29.2 Å². The Balaban J connectivity index is 2.19. The Hall–Kier alpha value is -2.13. The number of amides is 1. The van der Waals surface area contributed by atoms with Crippen LogP contribution >= 0.6 is 0 Å². The number of hydrogen-bond donors (Lipinski definition) is 2. The summed E-state index contributed by atoms with van der Waals surface area (Å²) in [6.45, 7) is 2.76. The summed E-state index contributed by atoms with van der Waals surface area (Å²) in [5.74, 6) is 0.0547. The quantitative estimate of drug-likeness (QED) is 0.855. The molecule has 0 spiro atoms. The number of benzene rings is 2. The van der Waals surface area contributed by atoms with Crippen LogP contribution in [0.2, 0.25) is 0 Å². The van der Waals surface area contributed by atoms with Gasteiger partial charge >= 0.3 is 0 Å². The summed E-state index contributed by atoms with van der Waals surface area (Å²) in [5, 5.41) is 6.15. The summed E-state index contributed by atoms with van der Waals surface area (Å²) in [4.78, 5) is 11.4. The normalized spacial score (nSPS) is 11.9. The highest BCUT2D eigenvalue weighted by Crippen LogP contribution is 2.24. The van der Waals surface area contributed by atoms with E-state index in [9.17, 15) is 4.79 Å². The van der Waals surface area contributed by atoms with Gasteiger partial charge in [-0.3, -0.25) is 4.79 Å². The van der Waals surface area contributed by atoms with Crippen LogP contribution in [0.3, 0.4) is 0 Å². The van der Waals surface area contributed by atoms with Crippen LogP contribution in [-0.2, 0) is 4.79 Å². The Kier molecular flexibility index (Phi) is 5.52. The monoisotopic (exact) mass is 282 g/mol. The lowest BCUT2D eigenvalue weighted by molar-refractivity contribution is -0.120. The van der Waals surface area contributed by atoms with Gasteiger partial charge in [0.2, 0.25) is 5.91 Å². The average Bonchev–Trinajstić information content (AvgIpc) is 2.53. The molecule has 2 aromatic rings. The molecule has 1 unspecified atom stereocenters. The minimum atomic E-state index is 0.0547. The summed E-state index contributed by atoms with van der Waals surface area (Å²) in [6.07, 6.45) is 0.478. The third kappa shape index (κ3) is 4.17. The molecule has 21 heavy (non-hydrogen) atoms. The van der Waals surface area contributed by atoms with Crippen molar-refractivity contribution in [1.29, 1.82) is 0 Å². The minimum absolute atomic E-state index is 0.0547. The number of carbonyl (C=O) groups is 1. The topological polar surface area (TPSA) is 41.1 Å². The smallest absolute Gasteiger partial charge is 0.221 e. The highest BCUT2D eigenvalue weighted by atomic mass is 16.1. The van der Waals surface area contributed by atoms with Crippen molar-refractivity contribution in [2.45, 2.75) is 19.4 Å². The maximum Gasteiger partial charge on any atom is 0.221 e. The summed E-state index contributed by atoms with van der Waals surface area (Å²) >= 11 is 0. The van der Waals surface area contributed by atoms with E-state index < -0.39 is 0 Å². The third-order valence-electron chi connectivity index (χ3n) is 3.61. The molecule has 0 fully saturated rings. The van der Waals surface area contributed by atoms with Crippen molar-refractivity contribution in [2.24, 2.45) is 0 Å². The zero-order valence-electron chi connectivity index (χ0n) is 12.6. The highest BCUT2D eigenvalue weighted by Gasteiger charge is 2.15. The lowest BCUT2D eigenvalue weighted by atomic mass is 9.95. The predicted molar refractivity (Wildman–Crippen MR) is 86.2 cm³/mol. The molecule has 110 valence electrons. The first-order valence-electron chi connectivity index (χ1n) is 7.27. The van der Waals surface area contributed by atoms with Gasteiger partial charge in [-0.2, -0.15) is 0 Å². The lowest BCUT2D eigenvalue weighted by Gasteiger charge is -2.21. The van der Waals surface area contributed by atoms with Crippen molar-refractivity contribution >= 4 is 5.91 Å². The molecule has 1 amide bonds. The van der Waals surface area contributed by atoms with Crippen LogP contribution in [0.4, 0.5) is 0 Å². The maximum absolute atomic E-state index is 11.4. The van der Waals surface area contributed by atoms with E-state index in [4.69, 9.17) is 0 Å². The second kappa shape index (κ2) is 7.60. The van der Waals surface area contributed by atoms with Crippen molar-refractivity contribution in [3.63, 3.8) is 0 Å². The van der Waals surface area contributed by atoms with Gasteiger partial charge in [0, 0.05) is 20.0 Å². The van der Waals surface area contributed by atoms with E-state index in [2.05, 4.69) is 47.9 Å². The zero-order chi connectivity index (χ0) is 15.1. The van der Waals surface area contributed by atoms with Gasteiger partial charge in [0.15, 0.2) is 0 Å². The average molecular weight is 282 g/mol. The first kappa shape index (κ1) is 15.3. The molecule has 0 saturated heterocycles. The van der Waals surface area contributed by atoms with Crippen molar-refractivity contribution < 1.29 is 4.79 Å². The molecule has 0 radical (unpaired) electrons. The molecule has 0 aliphatic carbocycles. The molecule has 0 aromatic heterocycles. The van der Waals surface area contributed by atoms with Gasteiger partial charge < -0.3 is 10.6 Å². The molecular weight excluding hydrogens is 260 g/mol. The van der Waals surface area contributed by atoms with Crippen LogP contribution in [-0.4, -0.2) is 19.5 Å². The van der Waals surface area contributed by atoms with Crippen molar-refractivity contribution in [1.82, 2.24) is 10.6 Å². The highest BCUT2D eigenvalue weighted by molar-refractivity contribution is 5.75. The van der Waals surface area contributed by atoms with Crippen molar-refractivity contribution in [3.8, 4) is 0 Å². The maximum atomic E-state index is 11.4. The van der Waals surface area contributed by atoms with Gasteiger partial charge in [-0.1, -0.05) is 54.6 Å². The van der Waals surface area contributed by atoms with E-state index in [0.717, 1.165) is 0 Å². The van der Waals surface area contributed by atoms with Crippen molar-refractivity contribution in [3.05, 3.63) is 71.3 Å². The fourth-order valence-electron chi connectivity index (χ4n) is 2.42. The summed E-state index contributed by atoms with van der Waals surface area (Å²) in [5.41, 5.74) is 3.71. The minimum Gasteiger partial charge on any atom is -0.359 e. The van der Waals surface area contributed by atoms with Gasteiger partial charge in [0.05, 0.1) is 6.04 Å². The van der Waals surface area contributed by atoms with Crippen LogP contribution in [0.25, 0.3) is 0 Å². The molecule has 0 aliphatic heterocycles. The van der Waals surface area contributed by atoms with Crippen molar-refractivity contribution in [2.75, 3.05) is 13.6 Å². The standard InChI is InChI=1S/C18H22N2O/c1-14-8-6-7-11-16(14)18(15-9-4-3-5-10-15)20-13-12-17(21)19-2/h3-11,18,20H,12-13H2,1-2H3,(H,19,21). The van der Waals surface area contributed by atoms with Gasteiger partial charge in [-0.05, 0) is 23.6 Å². The van der Waals surface area contributed by atoms with E-state index in [1.807, 2.05) is 24.3 Å². The molecule has 0 saturated carbocycles. The SMILES string of the molecule is CNC(=O)CCNC(c1ccccc1)c1ccccc1C. The molecule has 0 bridgehead atoms. The van der Waals surface area contributed by atoms with Gasteiger partial charge in [-0.25, -0.2) is 0 Å². The van der Waals surface area contributed by atoms with Gasteiger partial charge in [0.1, 0.15) is 0 Å². The fourth-order valence-corrected chi connectivity index (χ4v) is 2.42. The molecule has 2 rings (SSSR count). The Labute approximate surface area is 126 Å². The van der Waals surface area contributed by atoms with Crippen LogP contribution < -0.4 is 10.6 Å². The van der Waals surface area contributed by atoms with Crippen LogP contribution in [0.5, 0.6) is 0 Å². The number of rotatable bonds is 6. The molecule has 0 heterocycles. The second-order valence-corrected chi connectivity index (χ2v) is 5.08. The Morgan fingerprint density at radius 3 is 2.38 bits per heavy atom. The Morgan fingerprint density at radius 2 is 1.71 bits per heavy atom. The summed E-state index contributed by atoms with van der Waals surface area (Å²) in [6, 6.07) is 18.8. The lowest BCUT2D eigenvalue weighted by Crippen LogP contribution is -2.28. The number of aryl methyl sites for hydroxylation is 1. The second-order valence-electron chi connectivity index (χ2n) is 5.08. The van der Waals surface area contributed by atoms with E-state index in [0.29, 0.717) is 13.0 Å². The number of hydrogen-bond acceptors (Lipinski definition) is 2. The van der Waals surface area contributed by atoms with E-state index >= 15 is 0 Å². The largest absolute Gasteiger partial charge is 0.359 e.